The average molecular weight is 298 g/mol. The normalized spacial score (nSPS) is 14.4. The van der Waals surface area contributed by atoms with Gasteiger partial charge in [-0.05, 0) is 0 Å². The lowest BCUT2D eigenvalue weighted by molar-refractivity contribution is -0.133. The van der Waals surface area contributed by atoms with Gasteiger partial charge >= 0.3 is 5.97 Å². The summed E-state index contributed by atoms with van der Waals surface area (Å²) in [5, 5.41) is 25.4. The minimum absolute atomic E-state index is 0.00294. The van der Waals surface area contributed by atoms with Gasteiger partial charge in [-0.25, -0.2) is 0 Å². The second kappa shape index (κ2) is 5.13. The van der Waals surface area contributed by atoms with Gasteiger partial charge in [0.05, 0.1) is 12.3 Å². The molecule has 1 N–H and O–H groups in total. The molecule has 2 aromatic heterocycles. The second-order valence-electron chi connectivity index (χ2n) is 3.90. The first kappa shape index (κ1) is 12.4. The third-order valence-corrected chi connectivity index (χ3v) is 4.73. The molecule has 0 aromatic carbocycles. The molecule has 1 aliphatic heterocycles. The Morgan fingerprint density at radius 2 is 2.32 bits per heavy atom. The standard InChI is InChI=1S/C9H10N6O2S2/c16-7(17)4-18-9-13-12-8(19-9)14-1-2-15-5-10-11-6(15)3-14/h5H,1-4H2,(H,16,17). The van der Waals surface area contributed by atoms with Gasteiger partial charge in [-0.2, -0.15) is 0 Å². The SMILES string of the molecule is O=C(O)CSc1nnc(N2CCn3cnnc3C2)s1. The highest BCUT2D eigenvalue weighted by Crippen LogP contribution is 2.29. The predicted molar refractivity (Wildman–Crippen MR) is 69.3 cm³/mol. The van der Waals surface area contributed by atoms with E-state index >= 15 is 0 Å². The van der Waals surface area contributed by atoms with Gasteiger partial charge in [0.2, 0.25) is 5.13 Å². The summed E-state index contributed by atoms with van der Waals surface area (Å²) in [6, 6.07) is 0. The quantitative estimate of drug-likeness (QED) is 0.806. The molecule has 0 amide bonds. The highest BCUT2D eigenvalue weighted by atomic mass is 32.2. The summed E-state index contributed by atoms with van der Waals surface area (Å²) in [6.07, 6.45) is 1.72. The number of anilines is 1. The molecule has 0 saturated heterocycles. The number of carboxylic acids is 1. The monoisotopic (exact) mass is 298 g/mol. The van der Waals surface area contributed by atoms with Gasteiger partial charge < -0.3 is 14.6 Å². The summed E-state index contributed by atoms with van der Waals surface area (Å²) in [7, 11) is 0. The number of nitrogens with zero attached hydrogens (tertiary/aromatic N) is 6. The zero-order valence-corrected chi connectivity index (χ0v) is 11.4. The predicted octanol–water partition coefficient (Wildman–Crippen LogP) is 0.326. The Bertz CT molecular complexity index is 597. The lowest BCUT2D eigenvalue weighted by Crippen LogP contribution is -2.33. The molecule has 3 rings (SSSR count). The fraction of sp³-hybridized carbons (Fsp3) is 0.444. The Balaban J connectivity index is 1.68. The lowest BCUT2D eigenvalue weighted by atomic mass is 10.4. The van der Waals surface area contributed by atoms with E-state index in [0.717, 1.165) is 24.0 Å². The van der Waals surface area contributed by atoms with Gasteiger partial charge in [0, 0.05) is 13.1 Å². The first-order chi connectivity index (χ1) is 9.22. The second-order valence-corrected chi connectivity index (χ2v) is 6.07. The van der Waals surface area contributed by atoms with Crippen LogP contribution in [0.5, 0.6) is 0 Å². The molecule has 0 unspecified atom stereocenters. The maximum absolute atomic E-state index is 10.5. The van der Waals surface area contributed by atoms with Gasteiger partial charge in [-0.1, -0.05) is 23.1 Å². The van der Waals surface area contributed by atoms with Crippen LogP contribution >= 0.6 is 23.1 Å². The zero-order valence-electron chi connectivity index (χ0n) is 9.76. The summed E-state index contributed by atoms with van der Waals surface area (Å²) in [6.45, 7) is 2.29. The van der Waals surface area contributed by atoms with Crippen LogP contribution in [-0.2, 0) is 17.9 Å². The van der Waals surface area contributed by atoms with E-state index in [1.165, 1.54) is 23.1 Å². The van der Waals surface area contributed by atoms with Gasteiger partial charge in [-0.15, -0.1) is 20.4 Å². The van der Waals surface area contributed by atoms with Crippen LogP contribution in [0.15, 0.2) is 10.7 Å². The molecule has 0 fully saturated rings. The molecule has 19 heavy (non-hydrogen) atoms. The van der Waals surface area contributed by atoms with E-state index in [-0.39, 0.29) is 5.75 Å². The Morgan fingerprint density at radius 1 is 1.42 bits per heavy atom. The number of aliphatic carboxylic acids is 1. The number of hydrogen-bond acceptors (Lipinski definition) is 8. The average Bonchev–Trinajstić information content (AvgIpc) is 3.04. The number of fused-ring (bicyclic) bond motifs is 1. The Morgan fingerprint density at radius 3 is 3.16 bits per heavy atom. The van der Waals surface area contributed by atoms with E-state index < -0.39 is 5.97 Å². The number of carbonyl (C=O) groups is 1. The van der Waals surface area contributed by atoms with Gasteiger partial charge in [0.15, 0.2) is 10.2 Å². The van der Waals surface area contributed by atoms with E-state index in [0.29, 0.717) is 10.9 Å². The van der Waals surface area contributed by atoms with Crippen LogP contribution in [0.2, 0.25) is 0 Å². The molecule has 0 radical (unpaired) electrons. The van der Waals surface area contributed by atoms with Crippen molar-refractivity contribution in [2.24, 2.45) is 0 Å². The van der Waals surface area contributed by atoms with Crippen molar-refractivity contribution in [2.45, 2.75) is 17.4 Å². The summed E-state index contributed by atoms with van der Waals surface area (Å²) in [4.78, 5) is 12.6. The summed E-state index contributed by atoms with van der Waals surface area (Å²) < 4.78 is 2.68. The number of aromatic nitrogens is 5. The van der Waals surface area contributed by atoms with Crippen LogP contribution in [0.25, 0.3) is 0 Å². The van der Waals surface area contributed by atoms with Crippen LogP contribution < -0.4 is 4.90 Å². The van der Waals surface area contributed by atoms with E-state index in [1.54, 1.807) is 6.33 Å². The van der Waals surface area contributed by atoms with Crippen molar-refractivity contribution >= 4 is 34.2 Å². The molecule has 0 spiro atoms. The molecule has 3 heterocycles. The molecular formula is C9H10N6O2S2. The number of carboxylic acid groups (broad SMARTS) is 1. The Labute approximate surface area is 116 Å². The van der Waals surface area contributed by atoms with Gasteiger partial charge in [0.1, 0.15) is 6.33 Å². The number of thioether (sulfide) groups is 1. The molecule has 0 bridgehead atoms. The van der Waals surface area contributed by atoms with Crippen LogP contribution in [0.4, 0.5) is 5.13 Å². The summed E-state index contributed by atoms with van der Waals surface area (Å²) in [5.41, 5.74) is 0. The molecule has 0 aliphatic carbocycles. The molecular weight excluding hydrogens is 288 g/mol. The Kier molecular flexibility index (Phi) is 3.34. The third-order valence-electron chi connectivity index (χ3n) is 2.62. The van der Waals surface area contributed by atoms with E-state index in [4.69, 9.17) is 5.11 Å². The van der Waals surface area contributed by atoms with Crippen molar-refractivity contribution in [3.63, 3.8) is 0 Å². The van der Waals surface area contributed by atoms with Crippen LogP contribution in [0, 0.1) is 0 Å². The Hall–Kier alpha value is -1.68. The van der Waals surface area contributed by atoms with E-state index in [9.17, 15) is 4.79 Å². The molecule has 10 heteroatoms. The molecule has 8 nitrogen and oxygen atoms in total. The van der Waals surface area contributed by atoms with Crippen LogP contribution in [0.3, 0.4) is 0 Å². The van der Waals surface area contributed by atoms with E-state index in [1.807, 2.05) is 4.57 Å². The molecule has 1 aliphatic rings. The minimum Gasteiger partial charge on any atom is -0.481 e. The molecule has 0 atom stereocenters. The third kappa shape index (κ3) is 2.68. The van der Waals surface area contributed by atoms with Crippen LogP contribution in [-0.4, -0.2) is 48.3 Å². The fourth-order valence-electron chi connectivity index (χ4n) is 1.74. The molecule has 100 valence electrons. The maximum atomic E-state index is 10.5. The summed E-state index contributed by atoms with van der Waals surface area (Å²) >= 11 is 2.59. The fourth-order valence-corrected chi connectivity index (χ4v) is 3.33. The van der Waals surface area contributed by atoms with Gasteiger partial charge in [-0.3, -0.25) is 4.79 Å². The zero-order chi connectivity index (χ0) is 13.2. The van der Waals surface area contributed by atoms with Crippen molar-refractivity contribution in [1.82, 2.24) is 25.0 Å². The van der Waals surface area contributed by atoms with Crippen molar-refractivity contribution in [2.75, 3.05) is 17.2 Å². The summed E-state index contributed by atoms with van der Waals surface area (Å²) in [5.74, 6) is 0.0529. The highest BCUT2D eigenvalue weighted by Gasteiger charge is 2.20. The van der Waals surface area contributed by atoms with Crippen molar-refractivity contribution < 1.29 is 9.90 Å². The van der Waals surface area contributed by atoms with Crippen LogP contribution in [0.1, 0.15) is 5.82 Å². The van der Waals surface area contributed by atoms with Crippen molar-refractivity contribution in [3.8, 4) is 0 Å². The molecule has 0 saturated carbocycles. The molecule has 2 aromatic rings. The topological polar surface area (TPSA) is 97.0 Å². The van der Waals surface area contributed by atoms with E-state index in [2.05, 4.69) is 25.3 Å². The van der Waals surface area contributed by atoms with Crippen molar-refractivity contribution in [1.29, 1.82) is 0 Å². The highest BCUT2D eigenvalue weighted by molar-refractivity contribution is 8.01. The van der Waals surface area contributed by atoms with Gasteiger partial charge in [0.25, 0.3) is 0 Å². The number of hydrogen-bond donors (Lipinski definition) is 1. The lowest BCUT2D eigenvalue weighted by Gasteiger charge is -2.25. The maximum Gasteiger partial charge on any atom is 0.313 e. The minimum atomic E-state index is -0.854. The number of rotatable bonds is 4. The van der Waals surface area contributed by atoms with Crippen molar-refractivity contribution in [3.05, 3.63) is 12.2 Å². The first-order valence-corrected chi connectivity index (χ1v) is 7.32. The first-order valence-electron chi connectivity index (χ1n) is 5.52. The smallest absolute Gasteiger partial charge is 0.313 e. The largest absolute Gasteiger partial charge is 0.481 e.